The summed E-state index contributed by atoms with van der Waals surface area (Å²) in [6.07, 6.45) is 0.109. The van der Waals surface area contributed by atoms with Gasteiger partial charge in [0.2, 0.25) is 11.8 Å². The SMILES string of the molecule is CC(=NNC(=O)CCC(=O)NN=C(C)c1cc(C)cs1)c1cc(C)cs1. The van der Waals surface area contributed by atoms with Gasteiger partial charge in [0, 0.05) is 12.8 Å². The highest BCUT2D eigenvalue weighted by atomic mass is 32.1. The fourth-order valence-electron chi connectivity index (χ4n) is 1.98. The molecule has 0 aliphatic carbocycles. The van der Waals surface area contributed by atoms with E-state index in [2.05, 4.69) is 21.1 Å². The molecule has 0 aromatic carbocycles. The number of aryl methyl sites for hydroxylation is 2. The Morgan fingerprint density at radius 2 is 1.23 bits per heavy atom. The quantitative estimate of drug-likeness (QED) is 0.559. The molecule has 0 fully saturated rings. The van der Waals surface area contributed by atoms with Crippen LogP contribution in [0, 0.1) is 13.8 Å². The molecular formula is C18H22N4O2S2. The second kappa shape index (κ2) is 9.40. The minimum atomic E-state index is -0.303. The number of rotatable bonds is 7. The number of nitrogens with one attached hydrogen (secondary N) is 2. The molecule has 6 nitrogen and oxygen atoms in total. The molecule has 2 aromatic rings. The van der Waals surface area contributed by atoms with Gasteiger partial charge in [-0.25, -0.2) is 10.9 Å². The molecular weight excluding hydrogens is 368 g/mol. The lowest BCUT2D eigenvalue weighted by molar-refractivity contribution is -0.126. The number of carbonyl (C=O) groups is 2. The first-order chi connectivity index (χ1) is 12.3. The smallest absolute Gasteiger partial charge is 0.240 e. The zero-order chi connectivity index (χ0) is 19.1. The fraction of sp³-hybridized carbons (Fsp3) is 0.333. The van der Waals surface area contributed by atoms with E-state index in [-0.39, 0.29) is 24.7 Å². The van der Waals surface area contributed by atoms with Crippen LogP contribution in [0.3, 0.4) is 0 Å². The Balaban J connectivity index is 1.75. The summed E-state index contributed by atoms with van der Waals surface area (Å²) in [4.78, 5) is 25.7. The monoisotopic (exact) mass is 390 g/mol. The number of hydrazone groups is 2. The maximum atomic E-state index is 11.8. The van der Waals surface area contributed by atoms with Crippen molar-refractivity contribution in [2.24, 2.45) is 10.2 Å². The van der Waals surface area contributed by atoms with Crippen LogP contribution in [0.15, 0.2) is 33.1 Å². The Labute approximate surface area is 161 Å². The largest absolute Gasteiger partial charge is 0.273 e. The molecule has 0 atom stereocenters. The highest BCUT2D eigenvalue weighted by molar-refractivity contribution is 7.12. The Morgan fingerprint density at radius 1 is 0.846 bits per heavy atom. The third-order valence-corrected chi connectivity index (χ3v) is 5.76. The number of amides is 2. The summed E-state index contributed by atoms with van der Waals surface area (Å²) in [5.74, 6) is -0.607. The first-order valence-electron chi connectivity index (χ1n) is 8.12. The highest BCUT2D eigenvalue weighted by Gasteiger charge is 2.08. The van der Waals surface area contributed by atoms with Crippen molar-refractivity contribution < 1.29 is 9.59 Å². The number of hydrogen-bond donors (Lipinski definition) is 2. The second-order valence-corrected chi connectivity index (χ2v) is 7.76. The van der Waals surface area contributed by atoms with Crippen LogP contribution in [0.5, 0.6) is 0 Å². The molecule has 0 aliphatic rings. The summed E-state index contributed by atoms with van der Waals surface area (Å²) < 4.78 is 0. The predicted molar refractivity (Wildman–Crippen MR) is 108 cm³/mol. The summed E-state index contributed by atoms with van der Waals surface area (Å²) in [6.45, 7) is 7.69. The second-order valence-electron chi connectivity index (χ2n) is 5.94. The number of thiophene rings is 2. The van der Waals surface area contributed by atoms with Crippen LogP contribution in [-0.2, 0) is 9.59 Å². The minimum Gasteiger partial charge on any atom is -0.273 e. The molecule has 2 rings (SSSR count). The predicted octanol–water partition coefficient (Wildman–Crippen LogP) is 3.59. The van der Waals surface area contributed by atoms with E-state index in [1.165, 1.54) is 0 Å². The average molecular weight is 391 g/mol. The highest BCUT2D eigenvalue weighted by Crippen LogP contribution is 2.15. The lowest BCUT2D eigenvalue weighted by Crippen LogP contribution is -2.24. The normalized spacial score (nSPS) is 12.2. The number of hydrogen-bond acceptors (Lipinski definition) is 6. The van der Waals surface area contributed by atoms with Crippen molar-refractivity contribution in [2.75, 3.05) is 0 Å². The van der Waals surface area contributed by atoms with Gasteiger partial charge in [-0.15, -0.1) is 22.7 Å². The molecule has 26 heavy (non-hydrogen) atoms. The van der Waals surface area contributed by atoms with Gasteiger partial charge in [0.1, 0.15) is 0 Å². The van der Waals surface area contributed by atoms with E-state index in [0.717, 1.165) is 32.3 Å². The summed E-state index contributed by atoms with van der Waals surface area (Å²) in [5, 5.41) is 12.2. The van der Waals surface area contributed by atoms with Gasteiger partial charge in [-0.1, -0.05) is 0 Å². The van der Waals surface area contributed by atoms with E-state index in [1.54, 1.807) is 22.7 Å². The van der Waals surface area contributed by atoms with Crippen molar-refractivity contribution in [1.82, 2.24) is 10.9 Å². The maximum absolute atomic E-state index is 11.8. The van der Waals surface area contributed by atoms with Crippen LogP contribution in [0.1, 0.15) is 47.6 Å². The van der Waals surface area contributed by atoms with Crippen molar-refractivity contribution >= 4 is 45.9 Å². The Morgan fingerprint density at radius 3 is 1.54 bits per heavy atom. The van der Waals surface area contributed by atoms with E-state index in [1.807, 2.05) is 50.6 Å². The summed E-state index contributed by atoms with van der Waals surface area (Å²) in [6, 6.07) is 4.02. The van der Waals surface area contributed by atoms with Crippen LogP contribution < -0.4 is 10.9 Å². The zero-order valence-corrected chi connectivity index (χ0v) is 16.9. The van der Waals surface area contributed by atoms with Crippen molar-refractivity contribution in [3.05, 3.63) is 43.8 Å². The van der Waals surface area contributed by atoms with Gasteiger partial charge < -0.3 is 0 Å². The van der Waals surface area contributed by atoms with Crippen LogP contribution >= 0.6 is 22.7 Å². The molecule has 0 radical (unpaired) electrons. The summed E-state index contributed by atoms with van der Waals surface area (Å²) in [5.41, 5.74) is 8.77. The van der Waals surface area contributed by atoms with Gasteiger partial charge in [0.25, 0.3) is 0 Å². The Hall–Kier alpha value is -2.32. The van der Waals surface area contributed by atoms with Gasteiger partial charge in [-0.2, -0.15) is 10.2 Å². The summed E-state index contributed by atoms with van der Waals surface area (Å²) >= 11 is 3.15. The third-order valence-electron chi connectivity index (χ3n) is 3.45. The van der Waals surface area contributed by atoms with Gasteiger partial charge in [0.05, 0.1) is 21.2 Å². The number of carbonyl (C=O) groups excluding carboxylic acids is 2. The average Bonchev–Trinajstić information content (AvgIpc) is 3.24. The molecule has 0 unspecified atom stereocenters. The Bertz CT molecular complexity index is 779. The zero-order valence-electron chi connectivity index (χ0n) is 15.3. The molecule has 0 saturated carbocycles. The van der Waals surface area contributed by atoms with E-state index < -0.39 is 0 Å². The molecule has 2 amide bonds. The van der Waals surface area contributed by atoms with Crippen molar-refractivity contribution in [1.29, 1.82) is 0 Å². The van der Waals surface area contributed by atoms with E-state index in [0.29, 0.717) is 0 Å². The third kappa shape index (κ3) is 6.20. The number of nitrogens with zero attached hydrogens (tertiary/aromatic N) is 2. The maximum Gasteiger partial charge on any atom is 0.240 e. The molecule has 2 N–H and O–H groups in total. The van der Waals surface area contributed by atoms with Gasteiger partial charge in [-0.05, 0) is 61.7 Å². The van der Waals surface area contributed by atoms with Crippen molar-refractivity contribution in [3.8, 4) is 0 Å². The molecule has 2 aromatic heterocycles. The minimum absolute atomic E-state index is 0.0543. The van der Waals surface area contributed by atoms with Crippen LogP contribution in [0.25, 0.3) is 0 Å². The van der Waals surface area contributed by atoms with E-state index in [9.17, 15) is 9.59 Å². The lowest BCUT2D eigenvalue weighted by atomic mass is 10.3. The summed E-state index contributed by atoms with van der Waals surface area (Å²) in [7, 11) is 0. The Kier molecular flexibility index (Phi) is 7.23. The van der Waals surface area contributed by atoms with Crippen molar-refractivity contribution in [3.63, 3.8) is 0 Å². The lowest BCUT2D eigenvalue weighted by Gasteiger charge is -2.02. The van der Waals surface area contributed by atoms with Gasteiger partial charge in [-0.3, -0.25) is 9.59 Å². The van der Waals surface area contributed by atoms with Gasteiger partial charge >= 0.3 is 0 Å². The first kappa shape index (κ1) is 20.0. The van der Waals surface area contributed by atoms with Gasteiger partial charge in [0.15, 0.2) is 0 Å². The van der Waals surface area contributed by atoms with Crippen LogP contribution in [0.4, 0.5) is 0 Å². The van der Waals surface area contributed by atoms with Crippen molar-refractivity contribution in [2.45, 2.75) is 40.5 Å². The fourth-order valence-corrected chi connectivity index (χ4v) is 3.69. The molecule has 0 bridgehead atoms. The molecule has 0 aliphatic heterocycles. The standard InChI is InChI=1S/C18H22N4O2S2/c1-11-7-15(25-9-11)13(3)19-21-17(23)5-6-18(24)22-20-14(4)16-8-12(2)10-26-16/h7-10H,5-6H2,1-4H3,(H,21,23)(H,22,24). The molecule has 138 valence electrons. The molecule has 2 heterocycles. The van der Waals surface area contributed by atoms with E-state index >= 15 is 0 Å². The first-order valence-corrected chi connectivity index (χ1v) is 9.88. The molecule has 0 saturated heterocycles. The van der Waals surface area contributed by atoms with Crippen LogP contribution in [0.2, 0.25) is 0 Å². The van der Waals surface area contributed by atoms with Crippen LogP contribution in [-0.4, -0.2) is 23.2 Å². The topological polar surface area (TPSA) is 82.9 Å². The molecule has 0 spiro atoms. The van der Waals surface area contributed by atoms with E-state index in [4.69, 9.17) is 0 Å². The molecule has 8 heteroatoms.